The van der Waals surface area contributed by atoms with E-state index in [4.69, 9.17) is 10.1 Å². The quantitative estimate of drug-likeness (QED) is 0.707. The zero-order chi connectivity index (χ0) is 20.6. The molecule has 0 bridgehead atoms. The van der Waals surface area contributed by atoms with Crippen molar-refractivity contribution in [2.45, 2.75) is 26.7 Å². The van der Waals surface area contributed by atoms with E-state index in [9.17, 15) is 10.1 Å². The van der Waals surface area contributed by atoms with Crippen molar-refractivity contribution >= 4 is 5.78 Å². The number of nitrogens with one attached hydrogen (secondary N) is 1. The summed E-state index contributed by atoms with van der Waals surface area (Å²) in [5.41, 5.74) is 2.10. The summed E-state index contributed by atoms with van der Waals surface area (Å²) in [7, 11) is 0. The van der Waals surface area contributed by atoms with Gasteiger partial charge in [-0.25, -0.2) is 0 Å². The van der Waals surface area contributed by atoms with Crippen LogP contribution in [0, 0.1) is 22.2 Å². The van der Waals surface area contributed by atoms with Crippen molar-refractivity contribution in [3.05, 3.63) is 83.0 Å². The van der Waals surface area contributed by atoms with Crippen molar-refractivity contribution in [2.24, 2.45) is 5.41 Å². The monoisotopic (exact) mass is 383 g/mol. The minimum atomic E-state index is -0.204. The lowest BCUT2D eigenvalue weighted by Crippen LogP contribution is -2.33. The lowest BCUT2D eigenvalue weighted by molar-refractivity contribution is 0.0911. The Morgan fingerprint density at radius 2 is 1.69 bits per heavy atom. The van der Waals surface area contributed by atoms with E-state index >= 15 is 0 Å². The first-order chi connectivity index (χ1) is 13.9. The number of rotatable bonds is 3. The highest BCUT2D eigenvalue weighted by Crippen LogP contribution is 2.35. The normalized spacial score (nSPS) is 14.7. The lowest BCUT2D eigenvalue weighted by Gasteiger charge is -2.31. The van der Waals surface area contributed by atoms with E-state index in [-0.39, 0.29) is 22.2 Å². The fourth-order valence-electron chi connectivity index (χ4n) is 3.79. The molecule has 1 aromatic heterocycles. The SMILES string of the molecule is CC1(C)CC(=O)c2cn(-c3ccc(Oc4ccccc4)cc3)c(=N)c(C#N)c2C1. The molecule has 1 N–H and O–H groups in total. The second kappa shape index (κ2) is 7.06. The minimum absolute atomic E-state index is 0.0190. The van der Waals surface area contributed by atoms with Crippen LogP contribution in [0.3, 0.4) is 0 Å². The van der Waals surface area contributed by atoms with Crippen LogP contribution in [0.4, 0.5) is 0 Å². The molecule has 29 heavy (non-hydrogen) atoms. The third kappa shape index (κ3) is 3.57. The highest BCUT2D eigenvalue weighted by Gasteiger charge is 2.33. The van der Waals surface area contributed by atoms with Gasteiger partial charge in [0.2, 0.25) is 0 Å². The van der Waals surface area contributed by atoms with E-state index in [2.05, 4.69) is 6.07 Å². The fourth-order valence-corrected chi connectivity index (χ4v) is 3.79. The highest BCUT2D eigenvalue weighted by molar-refractivity contribution is 5.99. The number of ketones is 1. The number of benzene rings is 2. The predicted molar refractivity (Wildman–Crippen MR) is 109 cm³/mol. The van der Waals surface area contributed by atoms with Gasteiger partial charge in [-0.3, -0.25) is 10.2 Å². The van der Waals surface area contributed by atoms with Crippen molar-refractivity contribution in [1.82, 2.24) is 4.57 Å². The maximum absolute atomic E-state index is 12.7. The summed E-state index contributed by atoms with van der Waals surface area (Å²) < 4.78 is 7.41. The number of Topliss-reactive ketones (excluding diaryl/α,β-unsaturated/α-hetero) is 1. The smallest absolute Gasteiger partial charge is 0.165 e. The molecule has 3 aromatic rings. The number of nitrogens with zero attached hydrogens (tertiary/aromatic N) is 2. The Kier molecular flexibility index (Phi) is 4.56. The zero-order valence-electron chi connectivity index (χ0n) is 16.4. The second-order valence-corrected chi connectivity index (χ2v) is 8.08. The van der Waals surface area contributed by atoms with Gasteiger partial charge in [-0.2, -0.15) is 5.26 Å². The number of carbonyl (C=O) groups excluding carboxylic acids is 1. The van der Waals surface area contributed by atoms with Crippen molar-refractivity contribution in [2.75, 3.05) is 0 Å². The number of para-hydroxylation sites is 1. The summed E-state index contributed by atoms with van der Waals surface area (Å²) in [6.07, 6.45) is 2.75. The lowest BCUT2D eigenvalue weighted by atomic mass is 9.73. The Balaban J connectivity index is 1.74. The zero-order valence-corrected chi connectivity index (χ0v) is 16.4. The van der Waals surface area contributed by atoms with Gasteiger partial charge in [0.05, 0.1) is 5.56 Å². The van der Waals surface area contributed by atoms with Gasteiger partial charge in [0.15, 0.2) is 5.78 Å². The van der Waals surface area contributed by atoms with Gasteiger partial charge >= 0.3 is 0 Å². The summed E-state index contributed by atoms with van der Waals surface area (Å²) in [4.78, 5) is 12.7. The third-order valence-corrected chi connectivity index (χ3v) is 5.16. The van der Waals surface area contributed by atoms with Gasteiger partial charge < -0.3 is 9.30 Å². The van der Waals surface area contributed by atoms with Gasteiger partial charge in [-0.15, -0.1) is 0 Å². The summed E-state index contributed by atoms with van der Waals surface area (Å²) in [5.74, 6) is 1.43. The third-order valence-electron chi connectivity index (χ3n) is 5.16. The van der Waals surface area contributed by atoms with E-state index in [1.807, 2.05) is 68.4 Å². The minimum Gasteiger partial charge on any atom is -0.457 e. The number of pyridine rings is 1. The van der Waals surface area contributed by atoms with Gasteiger partial charge in [0.1, 0.15) is 23.1 Å². The first-order valence-corrected chi connectivity index (χ1v) is 9.48. The predicted octanol–water partition coefficient (Wildman–Crippen LogP) is 4.78. The van der Waals surface area contributed by atoms with E-state index in [1.54, 1.807) is 10.8 Å². The molecule has 0 spiro atoms. The Bertz CT molecular complexity index is 1180. The molecule has 5 nitrogen and oxygen atoms in total. The Morgan fingerprint density at radius 3 is 2.34 bits per heavy atom. The molecule has 0 aliphatic heterocycles. The molecular formula is C24H21N3O2. The van der Waals surface area contributed by atoms with Crippen LogP contribution in [-0.2, 0) is 6.42 Å². The molecule has 1 heterocycles. The number of ether oxygens (including phenoxy) is 1. The Morgan fingerprint density at radius 1 is 1.03 bits per heavy atom. The first kappa shape index (κ1) is 18.7. The topological polar surface area (TPSA) is 78.9 Å². The van der Waals surface area contributed by atoms with Gasteiger partial charge in [0.25, 0.3) is 0 Å². The summed E-state index contributed by atoms with van der Waals surface area (Å²) in [6.45, 7) is 4.04. The maximum Gasteiger partial charge on any atom is 0.165 e. The van der Waals surface area contributed by atoms with Crippen LogP contribution in [0.15, 0.2) is 60.8 Å². The molecule has 2 aromatic carbocycles. The van der Waals surface area contributed by atoms with Crippen LogP contribution in [0.1, 0.15) is 41.8 Å². The van der Waals surface area contributed by atoms with Crippen molar-refractivity contribution in [3.63, 3.8) is 0 Å². The molecule has 0 saturated heterocycles. The fraction of sp³-hybridized carbons (Fsp3) is 0.208. The van der Waals surface area contributed by atoms with Crippen LogP contribution in [0.5, 0.6) is 11.5 Å². The van der Waals surface area contributed by atoms with Crippen molar-refractivity contribution in [3.8, 4) is 23.3 Å². The van der Waals surface area contributed by atoms with Crippen molar-refractivity contribution < 1.29 is 9.53 Å². The molecule has 144 valence electrons. The van der Waals surface area contributed by atoms with Gasteiger partial charge in [-0.1, -0.05) is 32.0 Å². The number of fused-ring (bicyclic) bond motifs is 1. The second-order valence-electron chi connectivity index (χ2n) is 8.08. The maximum atomic E-state index is 12.7. The molecule has 1 aliphatic carbocycles. The van der Waals surface area contributed by atoms with E-state index in [0.717, 1.165) is 5.75 Å². The first-order valence-electron chi connectivity index (χ1n) is 9.48. The van der Waals surface area contributed by atoms with Crippen LogP contribution < -0.4 is 10.2 Å². The average Bonchev–Trinajstić information content (AvgIpc) is 2.68. The number of nitriles is 1. The summed E-state index contributed by atoms with van der Waals surface area (Å²) in [5, 5.41) is 18.2. The molecule has 1 aliphatic rings. The molecule has 0 amide bonds. The van der Waals surface area contributed by atoms with E-state index < -0.39 is 0 Å². The molecule has 0 radical (unpaired) electrons. The van der Waals surface area contributed by atoms with E-state index in [1.165, 1.54) is 0 Å². The standard InChI is InChI=1S/C24H21N3O2/c1-24(2)12-19-20(14-25)23(26)27(15-21(19)22(28)13-24)16-8-10-18(11-9-16)29-17-6-4-3-5-7-17/h3-11,15,26H,12-13H2,1-2H3. The molecule has 0 unspecified atom stereocenters. The number of carbonyl (C=O) groups is 1. The molecule has 5 heteroatoms. The van der Waals surface area contributed by atoms with Gasteiger partial charge in [0, 0.05) is 23.9 Å². The molecule has 0 saturated carbocycles. The summed E-state index contributed by atoms with van der Waals surface area (Å²) >= 11 is 0. The number of hydrogen-bond acceptors (Lipinski definition) is 4. The number of aromatic nitrogens is 1. The molecule has 0 fully saturated rings. The average molecular weight is 383 g/mol. The van der Waals surface area contributed by atoms with Gasteiger partial charge in [-0.05, 0) is 53.8 Å². The van der Waals surface area contributed by atoms with Crippen LogP contribution in [0.25, 0.3) is 5.69 Å². The Hall–Kier alpha value is -3.65. The van der Waals surface area contributed by atoms with Crippen LogP contribution in [0.2, 0.25) is 0 Å². The number of hydrogen-bond donors (Lipinski definition) is 1. The largest absolute Gasteiger partial charge is 0.457 e. The summed E-state index contributed by atoms with van der Waals surface area (Å²) in [6, 6.07) is 18.9. The van der Waals surface area contributed by atoms with E-state index in [0.29, 0.717) is 35.4 Å². The molecule has 4 rings (SSSR count). The molecule has 0 atom stereocenters. The van der Waals surface area contributed by atoms with Crippen LogP contribution in [-0.4, -0.2) is 10.4 Å². The Labute approximate surface area is 169 Å². The molecular weight excluding hydrogens is 362 g/mol. The van der Waals surface area contributed by atoms with Crippen LogP contribution >= 0.6 is 0 Å². The van der Waals surface area contributed by atoms with Crippen molar-refractivity contribution in [1.29, 1.82) is 10.7 Å². The highest BCUT2D eigenvalue weighted by atomic mass is 16.5.